The number of nitrogens with zero attached hydrogens (tertiary/aromatic N) is 2. The lowest BCUT2D eigenvalue weighted by Gasteiger charge is -2.36. The predicted octanol–water partition coefficient (Wildman–Crippen LogP) is 2.31. The molecule has 0 bridgehead atoms. The van der Waals surface area contributed by atoms with E-state index in [-0.39, 0.29) is 22.8 Å². The number of nitrogens with one attached hydrogen (secondary N) is 1. The summed E-state index contributed by atoms with van der Waals surface area (Å²) in [6.45, 7) is 6.26. The zero-order valence-electron chi connectivity index (χ0n) is 18.3. The molecule has 1 N–H and O–H groups in total. The number of methoxy groups -OCH3 is 1. The van der Waals surface area contributed by atoms with Crippen molar-refractivity contribution in [3.63, 3.8) is 0 Å². The van der Waals surface area contributed by atoms with Gasteiger partial charge in [0.15, 0.2) is 0 Å². The molecule has 1 amide bonds. The standard InChI is InChI=1S/C23H31N3O4S/c1-18(20-7-5-4-6-8-20)17-24-23(27)19(2)25-13-15-26(16-14-25)31(28,29)22-11-9-21(30-3)10-12-22/h4-12,18-19H,13-17H2,1-3H3,(H,24,27)/t18-,19-/m1/s1. The second-order valence-electron chi connectivity index (χ2n) is 7.85. The molecule has 1 heterocycles. The normalized spacial score (nSPS) is 17.6. The quantitative estimate of drug-likeness (QED) is 0.675. The summed E-state index contributed by atoms with van der Waals surface area (Å²) in [6.07, 6.45) is 0. The Kier molecular flexibility index (Phi) is 7.69. The molecule has 8 heteroatoms. The molecule has 2 aromatic rings. The number of sulfonamides is 1. The van der Waals surface area contributed by atoms with Crippen molar-refractivity contribution in [1.82, 2.24) is 14.5 Å². The number of carbonyl (C=O) groups excluding carboxylic acids is 1. The van der Waals surface area contributed by atoms with Gasteiger partial charge >= 0.3 is 0 Å². The smallest absolute Gasteiger partial charge is 0.243 e. The number of hydrogen-bond donors (Lipinski definition) is 1. The van der Waals surface area contributed by atoms with Gasteiger partial charge < -0.3 is 10.1 Å². The summed E-state index contributed by atoms with van der Waals surface area (Å²) >= 11 is 0. The van der Waals surface area contributed by atoms with Crippen LogP contribution in [0.4, 0.5) is 0 Å². The van der Waals surface area contributed by atoms with E-state index in [0.717, 1.165) is 0 Å². The van der Waals surface area contributed by atoms with Gasteiger partial charge in [-0.15, -0.1) is 0 Å². The van der Waals surface area contributed by atoms with E-state index in [1.54, 1.807) is 31.4 Å². The molecule has 7 nitrogen and oxygen atoms in total. The second-order valence-corrected chi connectivity index (χ2v) is 9.79. The number of amides is 1. The van der Waals surface area contributed by atoms with Crippen molar-refractivity contribution in [2.75, 3.05) is 39.8 Å². The first-order valence-corrected chi connectivity index (χ1v) is 12.0. The molecule has 3 rings (SSSR count). The maximum absolute atomic E-state index is 12.9. The van der Waals surface area contributed by atoms with Crippen LogP contribution in [0.3, 0.4) is 0 Å². The summed E-state index contributed by atoms with van der Waals surface area (Å²) in [7, 11) is -2.01. The van der Waals surface area contributed by atoms with Crippen LogP contribution >= 0.6 is 0 Å². The van der Waals surface area contributed by atoms with Crippen LogP contribution in [0.5, 0.6) is 5.75 Å². The average molecular weight is 446 g/mol. The Morgan fingerprint density at radius 1 is 1.00 bits per heavy atom. The fraction of sp³-hybridized carbons (Fsp3) is 0.435. The van der Waals surface area contributed by atoms with Crippen LogP contribution in [0.25, 0.3) is 0 Å². The molecular weight excluding hydrogens is 414 g/mol. The lowest BCUT2D eigenvalue weighted by molar-refractivity contribution is -0.126. The molecular formula is C23H31N3O4S. The minimum absolute atomic E-state index is 0.0331. The van der Waals surface area contributed by atoms with Crippen molar-refractivity contribution in [3.05, 3.63) is 60.2 Å². The summed E-state index contributed by atoms with van der Waals surface area (Å²) in [6, 6.07) is 16.2. The first kappa shape index (κ1) is 23.2. The molecule has 168 valence electrons. The molecule has 1 aliphatic rings. The Morgan fingerprint density at radius 3 is 2.19 bits per heavy atom. The minimum Gasteiger partial charge on any atom is -0.497 e. The molecule has 0 aliphatic carbocycles. The van der Waals surface area contributed by atoms with E-state index in [9.17, 15) is 13.2 Å². The topological polar surface area (TPSA) is 79.0 Å². The van der Waals surface area contributed by atoms with Crippen LogP contribution in [0.1, 0.15) is 25.3 Å². The van der Waals surface area contributed by atoms with Crippen molar-refractivity contribution in [2.45, 2.75) is 30.7 Å². The van der Waals surface area contributed by atoms with Gasteiger partial charge in [0.05, 0.1) is 18.0 Å². The van der Waals surface area contributed by atoms with Gasteiger partial charge in [0.25, 0.3) is 0 Å². The van der Waals surface area contributed by atoms with E-state index in [0.29, 0.717) is 38.5 Å². The van der Waals surface area contributed by atoms with Crippen LogP contribution in [-0.2, 0) is 14.8 Å². The molecule has 0 radical (unpaired) electrons. The largest absolute Gasteiger partial charge is 0.497 e. The Bertz CT molecular complexity index is 956. The summed E-state index contributed by atoms with van der Waals surface area (Å²) in [5.74, 6) is 0.809. The van der Waals surface area contributed by atoms with Gasteiger partial charge in [0.2, 0.25) is 15.9 Å². The Balaban J connectivity index is 1.51. The third-order valence-electron chi connectivity index (χ3n) is 5.85. The lowest BCUT2D eigenvalue weighted by atomic mass is 10.0. The SMILES string of the molecule is COc1ccc(S(=O)(=O)N2CCN([C@H](C)C(=O)NC[C@@H](C)c3ccccc3)CC2)cc1. The van der Waals surface area contributed by atoms with E-state index in [4.69, 9.17) is 4.74 Å². The van der Waals surface area contributed by atoms with Crippen LogP contribution in [-0.4, -0.2) is 69.4 Å². The number of ether oxygens (including phenoxy) is 1. The summed E-state index contributed by atoms with van der Waals surface area (Å²) in [5.41, 5.74) is 1.19. The van der Waals surface area contributed by atoms with Crippen molar-refractivity contribution >= 4 is 15.9 Å². The van der Waals surface area contributed by atoms with Crippen molar-refractivity contribution < 1.29 is 17.9 Å². The lowest BCUT2D eigenvalue weighted by Crippen LogP contribution is -2.55. The number of hydrogen-bond acceptors (Lipinski definition) is 5. The van der Waals surface area contributed by atoms with E-state index in [1.807, 2.05) is 30.0 Å². The average Bonchev–Trinajstić information content (AvgIpc) is 2.82. The summed E-state index contributed by atoms with van der Waals surface area (Å²) < 4.78 is 32.4. The van der Waals surface area contributed by atoms with E-state index >= 15 is 0 Å². The minimum atomic E-state index is -3.56. The number of carbonyl (C=O) groups is 1. The fourth-order valence-corrected chi connectivity index (χ4v) is 5.12. The Hall–Kier alpha value is -2.42. The van der Waals surface area contributed by atoms with Crippen molar-refractivity contribution in [2.24, 2.45) is 0 Å². The molecule has 0 saturated carbocycles. The van der Waals surface area contributed by atoms with E-state index in [1.165, 1.54) is 9.87 Å². The van der Waals surface area contributed by atoms with Crippen LogP contribution in [0.15, 0.2) is 59.5 Å². The highest BCUT2D eigenvalue weighted by molar-refractivity contribution is 7.89. The zero-order chi connectivity index (χ0) is 22.4. The molecule has 0 spiro atoms. The Labute approximate surface area is 185 Å². The van der Waals surface area contributed by atoms with Gasteiger partial charge in [-0.3, -0.25) is 9.69 Å². The predicted molar refractivity (Wildman–Crippen MR) is 121 cm³/mol. The van der Waals surface area contributed by atoms with E-state index < -0.39 is 10.0 Å². The number of rotatable bonds is 8. The zero-order valence-corrected chi connectivity index (χ0v) is 19.1. The summed E-state index contributed by atoms with van der Waals surface area (Å²) in [5, 5.41) is 3.03. The maximum Gasteiger partial charge on any atom is 0.243 e. The fourth-order valence-electron chi connectivity index (χ4n) is 3.69. The molecule has 31 heavy (non-hydrogen) atoms. The monoisotopic (exact) mass is 445 g/mol. The van der Waals surface area contributed by atoms with Gasteiger partial charge in [0, 0.05) is 32.7 Å². The molecule has 1 fully saturated rings. The van der Waals surface area contributed by atoms with Crippen LogP contribution in [0, 0.1) is 0 Å². The molecule has 0 aromatic heterocycles. The number of benzene rings is 2. The summed E-state index contributed by atoms with van der Waals surface area (Å²) in [4.78, 5) is 14.9. The molecule has 0 unspecified atom stereocenters. The third kappa shape index (κ3) is 5.64. The van der Waals surface area contributed by atoms with Gasteiger partial charge in [-0.25, -0.2) is 8.42 Å². The van der Waals surface area contributed by atoms with Crippen LogP contribution in [0.2, 0.25) is 0 Å². The third-order valence-corrected chi connectivity index (χ3v) is 7.76. The second kappa shape index (κ2) is 10.3. The first-order valence-electron chi connectivity index (χ1n) is 10.5. The van der Waals surface area contributed by atoms with Gasteiger partial charge in [-0.1, -0.05) is 37.3 Å². The molecule has 1 aliphatic heterocycles. The first-order chi connectivity index (χ1) is 14.8. The maximum atomic E-state index is 12.9. The number of piperazine rings is 1. The van der Waals surface area contributed by atoms with Crippen molar-refractivity contribution in [1.29, 1.82) is 0 Å². The molecule has 2 aromatic carbocycles. The van der Waals surface area contributed by atoms with Gasteiger partial charge in [0.1, 0.15) is 5.75 Å². The molecule has 1 saturated heterocycles. The highest BCUT2D eigenvalue weighted by Gasteiger charge is 2.31. The van der Waals surface area contributed by atoms with Crippen molar-refractivity contribution in [3.8, 4) is 5.75 Å². The van der Waals surface area contributed by atoms with Crippen LogP contribution < -0.4 is 10.1 Å². The van der Waals surface area contributed by atoms with Gasteiger partial charge in [-0.05, 0) is 42.7 Å². The Morgan fingerprint density at radius 2 is 1.61 bits per heavy atom. The van der Waals surface area contributed by atoms with E-state index in [2.05, 4.69) is 24.4 Å². The highest BCUT2D eigenvalue weighted by atomic mass is 32.2. The molecule has 2 atom stereocenters. The highest BCUT2D eigenvalue weighted by Crippen LogP contribution is 2.21. The van der Waals surface area contributed by atoms with Gasteiger partial charge in [-0.2, -0.15) is 4.31 Å².